The molecule has 0 spiro atoms. The summed E-state index contributed by atoms with van der Waals surface area (Å²) in [5.41, 5.74) is 1.43. The summed E-state index contributed by atoms with van der Waals surface area (Å²) >= 11 is 6.57. The van der Waals surface area contributed by atoms with Gasteiger partial charge in [-0.1, -0.05) is 54.9 Å². The molecule has 0 N–H and O–H groups in total. The largest absolute Gasteiger partial charge is 0.494 e. The average molecular weight is 467 g/mol. The Kier molecular flexibility index (Phi) is 8.67. The van der Waals surface area contributed by atoms with Gasteiger partial charge in [-0.2, -0.15) is 0 Å². The molecule has 0 aromatic heterocycles. The predicted octanol–water partition coefficient (Wildman–Crippen LogP) is 7.62. The summed E-state index contributed by atoms with van der Waals surface area (Å²) in [6.07, 6.45) is 4.31. The Labute approximate surface area is 199 Å². The first-order chi connectivity index (χ1) is 16.0. The molecule has 0 heterocycles. The van der Waals surface area contributed by atoms with E-state index in [0.717, 1.165) is 23.3 Å². The van der Waals surface area contributed by atoms with Crippen molar-refractivity contribution in [2.24, 2.45) is 0 Å². The number of rotatable bonds is 11. The van der Waals surface area contributed by atoms with E-state index < -0.39 is 11.2 Å². The molecule has 3 aromatic rings. The lowest BCUT2D eigenvalue weighted by molar-refractivity contribution is -0.104. The van der Waals surface area contributed by atoms with Crippen LogP contribution in [0.1, 0.15) is 37.8 Å². The lowest BCUT2D eigenvalue weighted by atomic mass is 9.77. The highest BCUT2D eigenvalue weighted by atomic mass is 35.5. The number of ether oxygens (including phenoxy) is 2. The molecule has 3 nitrogen and oxygen atoms in total. The SMILES string of the molecule is CCOc1ccc(C(C)(CCCc2ccc(F)c(Oc3ccccc3)c2)C(Cl)=CC=O)cc1. The Morgan fingerprint density at radius 2 is 1.76 bits per heavy atom. The Balaban J connectivity index is 1.74. The molecular weight excluding hydrogens is 439 g/mol. The number of hydrogen-bond donors (Lipinski definition) is 0. The van der Waals surface area contributed by atoms with Gasteiger partial charge in [0.1, 0.15) is 17.8 Å². The quantitative estimate of drug-likeness (QED) is 0.215. The van der Waals surface area contributed by atoms with Crippen molar-refractivity contribution in [3.8, 4) is 17.2 Å². The first-order valence-corrected chi connectivity index (χ1v) is 11.4. The van der Waals surface area contributed by atoms with Crippen LogP contribution in [0.3, 0.4) is 0 Å². The normalized spacial score (nSPS) is 13.3. The third-order valence-electron chi connectivity index (χ3n) is 5.65. The van der Waals surface area contributed by atoms with Crippen LogP contribution in [-0.2, 0) is 16.6 Å². The van der Waals surface area contributed by atoms with E-state index in [-0.39, 0.29) is 5.75 Å². The van der Waals surface area contributed by atoms with Crippen molar-refractivity contribution in [1.82, 2.24) is 0 Å². The highest BCUT2D eigenvalue weighted by Crippen LogP contribution is 2.39. The number of aryl methyl sites for hydroxylation is 1. The van der Waals surface area contributed by atoms with Crippen molar-refractivity contribution < 1.29 is 18.7 Å². The van der Waals surface area contributed by atoms with E-state index in [4.69, 9.17) is 21.1 Å². The van der Waals surface area contributed by atoms with Gasteiger partial charge in [0.2, 0.25) is 0 Å². The number of carbonyl (C=O) groups excluding carboxylic acids is 1. The van der Waals surface area contributed by atoms with Crippen LogP contribution < -0.4 is 9.47 Å². The minimum absolute atomic E-state index is 0.201. The number of aldehydes is 1. The van der Waals surface area contributed by atoms with Gasteiger partial charge in [0.25, 0.3) is 0 Å². The van der Waals surface area contributed by atoms with Gasteiger partial charge < -0.3 is 9.47 Å². The highest BCUT2D eigenvalue weighted by Gasteiger charge is 2.30. The van der Waals surface area contributed by atoms with Crippen molar-refractivity contribution in [3.63, 3.8) is 0 Å². The van der Waals surface area contributed by atoms with Gasteiger partial charge in [0.15, 0.2) is 11.6 Å². The van der Waals surface area contributed by atoms with Gasteiger partial charge in [-0.15, -0.1) is 0 Å². The van der Waals surface area contributed by atoms with Gasteiger partial charge in [-0.3, -0.25) is 4.79 Å². The van der Waals surface area contributed by atoms with Gasteiger partial charge in [-0.05, 0) is 79.8 Å². The standard InChI is InChI=1S/C28H28ClFO3/c1-3-32-23-14-12-22(13-15-23)28(2,27(29)17-19-31)18-7-8-21-11-16-25(30)26(20-21)33-24-9-5-4-6-10-24/h4-6,9-17,19-20H,3,7-8,18H2,1-2H3. The molecule has 0 radical (unpaired) electrons. The summed E-state index contributed by atoms with van der Waals surface area (Å²) in [7, 11) is 0. The Morgan fingerprint density at radius 1 is 1.03 bits per heavy atom. The third-order valence-corrected chi connectivity index (χ3v) is 6.20. The summed E-state index contributed by atoms with van der Waals surface area (Å²) in [6.45, 7) is 4.56. The molecule has 0 saturated carbocycles. The number of benzene rings is 3. The fourth-order valence-electron chi connectivity index (χ4n) is 3.77. The van der Waals surface area contributed by atoms with Crippen LogP contribution in [0.25, 0.3) is 0 Å². The minimum atomic E-state index is -0.531. The Bertz CT molecular complexity index is 1080. The molecule has 3 aromatic carbocycles. The van der Waals surface area contributed by atoms with Gasteiger partial charge in [-0.25, -0.2) is 4.39 Å². The fourth-order valence-corrected chi connectivity index (χ4v) is 4.03. The second-order valence-corrected chi connectivity index (χ2v) is 8.38. The van der Waals surface area contributed by atoms with Crippen molar-refractivity contribution in [2.75, 3.05) is 6.61 Å². The van der Waals surface area contributed by atoms with Crippen LogP contribution in [0, 0.1) is 5.82 Å². The van der Waals surface area contributed by atoms with Crippen LogP contribution >= 0.6 is 11.6 Å². The zero-order chi connectivity index (χ0) is 23.7. The number of allylic oxidation sites excluding steroid dienone is 2. The van der Waals surface area contributed by atoms with Gasteiger partial charge >= 0.3 is 0 Å². The molecule has 33 heavy (non-hydrogen) atoms. The first-order valence-electron chi connectivity index (χ1n) is 11.0. The average Bonchev–Trinajstić information content (AvgIpc) is 2.82. The zero-order valence-electron chi connectivity index (χ0n) is 18.9. The lowest BCUT2D eigenvalue weighted by Gasteiger charge is -2.30. The van der Waals surface area contributed by atoms with E-state index in [2.05, 4.69) is 0 Å². The summed E-state index contributed by atoms with van der Waals surface area (Å²) in [5, 5.41) is 0.480. The van der Waals surface area contributed by atoms with Crippen molar-refractivity contribution >= 4 is 17.9 Å². The molecule has 0 amide bonds. The minimum Gasteiger partial charge on any atom is -0.494 e. The van der Waals surface area contributed by atoms with E-state index in [9.17, 15) is 9.18 Å². The summed E-state index contributed by atoms with van der Waals surface area (Å²) < 4.78 is 25.5. The van der Waals surface area contributed by atoms with Crippen LogP contribution in [0.2, 0.25) is 0 Å². The number of para-hydroxylation sites is 1. The maximum absolute atomic E-state index is 14.3. The Hall–Kier alpha value is -3.11. The number of carbonyl (C=O) groups is 1. The maximum atomic E-state index is 14.3. The van der Waals surface area contributed by atoms with Gasteiger partial charge in [0, 0.05) is 10.4 Å². The van der Waals surface area contributed by atoms with Crippen LogP contribution in [0.5, 0.6) is 17.2 Å². The molecule has 0 aliphatic carbocycles. The highest BCUT2D eigenvalue weighted by molar-refractivity contribution is 6.31. The van der Waals surface area contributed by atoms with E-state index in [1.807, 2.05) is 56.3 Å². The molecule has 0 bridgehead atoms. The molecule has 0 aliphatic heterocycles. The second kappa shape index (κ2) is 11.7. The van der Waals surface area contributed by atoms with Crippen molar-refractivity contribution in [1.29, 1.82) is 0 Å². The number of hydrogen-bond acceptors (Lipinski definition) is 3. The predicted molar refractivity (Wildman–Crippen MR) is 131 cm³/mol. The molecule has 0 fully saturated rings. The lowest BCUT2D eigenvalue weighted by Crippen LogP contribution is -2.23. The second-order valence-electron chi connectivity index (χ2n) is 7.97. The first kappa shape index (κ1) is 24.5. The van der Waals surface area contributed by atoms with E-state index in [1.165, 1.54) is 12.1 Å². The molecule has 1 atom stereocenters. The molecular formula is C28H28ClFO3. The molecule has 5 heteroatoms. The molecule has 172 valence electrons. The third kappa shape index (κ3) is 6.45. The molecule has 0 aliphatic rings. The molecule has 3 rings (SSSR count). The van der Waals surface area contributed by atoms with Crippen molar-refractivity contribution in [3.05, 3.63) is 101 Å². The molecule has 0 saturated heterocycles. The fraction of sp³-hybridized carbons (Fsp3) is 0.250. The van der Waals surface area contributed by atoms with E-state index in [1.54, 1.807) is 24.3 Å². The number of halogens is 2. The van der Waals surface area contributed by atoms with Crippen LogP contribution in [0.4, 0.5) is 4.39 Å². The molecule has 1 unspecified atom stereocenters. The maximum Gasteiger partial charge on any atom is 0.165 e. The van der Waals surface area contributed by atoms with Crippen LogP contribution in [-0.4, -0.2) is 12.9 Å². The summed E-state index contributed by atoms with van der Waals surface area (Å²) in [6, 6.07) is 21.9. The topological polar surface area (TPSA) is 35.5 Å². The van der Waals surface area contributed by atoms with E-state index >= 15 is 0 Å². The Morgan fingerprint density at radius 3 is 2.42 bits per heavy atom. The monoisotopic (exact) mass is 466 g/mol. The van der Waals surface area contributed by atoms with Crippen LogP contribution in [0.15, 0.2) is 83.9 Å². The van der Waals surface area contributed by atoms with E-state index in [0.29, 0.717) is 36.5 Å². The summed E-state index contributed by atoms with van der Waals surface area (Å²) in [5.74, 6) is 1.17. The smallest absolute Gasteiger partial charge is 0.165 e. The van der Waals surface area contributed by atoms with Gasteiger partial charge in [0.05, 0.1) is 6.61 Å². The van der Waals surface area contributed by atoms with Crippen molar-refractivity contribution in [2.45, 2.75) is 38.5 Å². The zero-order valence-corrected chi connectivity index (χ0v) is 19.6. The summed E-state index contributed by atoms with van der Waals surface area (Å²) in [4.78, 5) is 11.1.